The molecule has 1 aromatic heterocycles. The van der Waals surface area contributed by atoms with E-state index in [1.165, 1.54) is 0 Å². The molecule has 0 atom stereocenters. The lowest BCUT2D eigenvalue weighted by molar-refractivity contribution is 0.0953. The smallest absolute Gasteiger partial charge is 0.267 e. The lowest BCUT2D eigenvalue weighted by Gasteiger charge is -2.11. The van der Waals surface area contributed by atoms with Crippen LogP contribution in [0.3, 0.4) is 0 Å². The van der Waals surface area contributed by atoms with Crippen molar-refractivity contribution in [1.29, 1.82) is 0 Å². The highest BCUT2D eigenvalue weighted by Crippen LogP contribution is 2.22. The van der Waals surface area contributed by atoms with Crippen molar-refractivity contribution < 1.29 is 9.53 Å². The molecule has 1 amide bonds. The minimum atomic E-state index is -0.282. The molecular weight excluding hydrogens is 254 g/mol. The van der Waals surface area contributed by atoms with E-state index in [1.54, 1.807) is 0 Å². The molecule has 2 rings (SSSR count). The Labute approximate surface area is 118 Å². The molecule has 0 aliphatic heterocycles. The normalized spacial score (nSPS) is 10.4. The number of benzene rings is 1. The van der Waals surface area contributed by atoms with Crippen LogP contribution in [0.25, 0.3) is 5.69 Å². The minimum Gasteiger partial charge on any atom is -0.494 e. The Morgan fingerprint density at radius 2 is 1.95 bits per heavy atom. The van der Waals surface area contributed by atoms with Crippen LogP contribution in [0.2, 0.25) is 0 Å². The SMILES string of the molecule is CCOc1ccc(-n2c(C)cc(C(=O)NN)c2C)cc1. The third-order valence-electron chi connectivity index (χ3n) is 3.21. The first-order chi connectivity index (χ1) is 9.58. The number of hydrogen-bond donors (Lipinski definition) is 2. The van der Waals surface area contributed by atoms with Gasteiger partial charge in [-0.25, -0.2) is 5.84 Å². The predicted molar refractivity (Wildman–Crippen MR) is 78.1 cm³/mol. The Balaban J connectivity index is 2.42. The Hall–Kier alpha value is -2.27. The van der Waals surface area contributed by atoms with Crippen molar-refractivity contribution in [3.63, 3.8) is 0 Å². The minimum absolute atomic E-state index is 0.282. The molecule has 3 N–H and O–H groups in total. The molecule has 0 saturated carbocycles. The number of hydrogen-bond acceptors (Lipinski definition) is 3. The van der Waals surface area contributed by atoms with Crippen LogP contribution in [0.5, 0.6) is 5.75 Å². The number of nitrogens with zero attached hydrogens (tertiary/aromatic N) is 1. The number of aryl methyl sites for hydroxylation is 1. The van der Waals surface area contributed by atoms with Crippen molar-refractivity contribution in [2.45, 2.75) is 20.8 Å². The third kappa shape index (κ3) is 2.53. The molecule has 0 fully saturated rings. The van der Waals surface area contributed by atoms with Gasteiger partial charge >= 0.3 is 0 Å². The summed E-state index contributed by atoms with van der Waals surface area (Å²) in [5, 5.41) is 0. The molecule has 5 heteroatoms. The number of carbonyl (C=O) groups is 1. The van der Waals surface area contributed by atoms with Crippen LogP contribution in [-0.2, 0) is 0 Å². The van der Waals surface area contributed by atoms with Gasteiger partial charge in [0.1, 0.15) is 5.75 Å². The Morgan fingerprint density at radius 1 is 1.30 bits per heavy atom. The van der Waals surface area contributed by atoms with Crippen LogP contribution in [0.15, 0.2) is 30.3 Å². The van der Waals surface area contributed by atoms with Gasteiger partial charge in [-0.15, -0.1) is 0 Å². The number of carbonyl (C=O) groups excluding carboxylic acids is 1. The van der Waals surface area contributed by atoms with Crippen molar-refractivity contribution in [3.8, 4) is 11.4 Å². The van der Waals surface area contributed by atoms with E-state index in [2.05, 4.69) is 5.43 Å². The molecule has 0 radical (unpaired) electrons. The maximum atomic E-state index is 11.7. The lowest BCUT2D eigenvalue weighted by atomic mass is 10.2. The fourth-order valence-corrected chi connectivity index (χ4v) is 2.33. The molecule has 1 aromatic carbocycles. The number of nitrogen functional groups attached to an aromatic ring is 1. The van der Waals surface area contributed by atoms with E-state index in [-0.39, 0.29) is 5.91 Å². The molecule has 20 heavy (non-hydrogen) atoms. The lowest BCUT2D eigenvalue weighted by Crippen LogP contribution is -2.30. The summed E-state index contributed by atoms with van der Waals surface area (Å²) in [6, 6.07) is 9.60. The predicted octanol–water partition coefficient (Wildman–Crippen LogP) is 2.10. The van der Waals surface area contributed by atoms with Crippen molar-refractivity contribution in [2.75, 3.05) is 6.61 Å². The van der Waals surface area contributed by atoms with Crippen LogP contribution in [0.1, 0.15) is 28.7 Å². The summed E-state index contributed by atoms with van der Waals surface area (Å²) in [6.45, 7) is 6.44. The summed E-state index contributed by atoms with van der Waals surface area (Å²) in [5.41, 5.74) is 5.57. The summed E-state index contributed by atoms with van der Waals surface area (Å²) < 4.78 is 7.44. The first kappa shape index (κ1) is 14.1. The number of nitrogens with two attached hydrogens (primary N) is 1. The van der Waals surface area contributed by atoms with E-state index in [1.807, 2.05) is 55.7 Å². The molecule has 0 spiro atoms. The first-order valence-corrected chi connectivity index (χ1v) is 6.51. The Morgan fingerprint density at radius 3 is 2.50 bits per heavy atom. The number of aromatic nitrogens is 1. The highest BCUT2D eigenvalue weighted by atomic mass is 16.5. The second-order valence-electron chi connectivity index (χ2n) is 4.52. The topological polar surface area (TPSA) is 69.3 Å². The Bertz CT molecular complexity index is 615. The van der Waals surface area contributed by atoms with Crippen LogP contribution in [0, 0.1) is 13.8 Å². The van der Waals surface area contributed by atoms with Gasteiger partial charge in [-0.2, -0.15) is 0 Å². The molecule has 2 aromatic rings. The average molecular weight is 273 g/mol. The zero-order valence-corrected chi connectivity index (χ0v) is 11.9. The third-order valence-corrected chi connectivity index (χ3v) is 3.21. The number of nitrogens with one attached hydrogen (secondary N) is 1. The van der Waals surface area contributed by atoms with Gasteiger partial charge < -0.3 is 9.30 Å². The largest absolute Gasteiger partial charge is 0.494 e. The highest BCUT2D eigenvalue weighted by Gasteiger charge is 2.15. The molecule has 0 saturated heterocycles. The van der Waals surface area contributed by atoms with Crippen LogP contribution >= 0.6 is 0 Å². The number of rotatable bonds is 4. The standard InChI is InChI=1S/C15H19N3O2/c1-4-20-13-7-5-12(6-8-13)18-10(2)9-14(11(18)3)15(19)17-16/h5-9H,4,16H2,1-3H3,(H,17,19). The zero-order chi connectivity index (χ0) is 14.7. The number of ether oxygens (including phenoxy) is 1. The number of hydrazine groups is 1. The van der Waals surface area contributed by atoms with Gasteiger partial charge in [-0.1, -0.05) is 0 Å². The second kappa shape index (κ2) is 5.79. The maximum absolute atomic E-state index is 11.7. The monoisotopic (exact) mass is 273 g/mol. The molecule has 0 bridgehead atoms. The summed E-state index contributed by atoms with van der Waals surface area (Å²) in [4.78, 5) is 11.7. The molecule has 0 aliphatic carbocycles. The summed E-state index contributed by atoms with van der Waals surface area (Å²) in [5.74, 6) is 5.75. The van der Waals surface area contributed by atoms with Gasteiger partial charge in [0.2, 0.25) is 0 Å². The summed E-state index contributed by atoms with van der Waals surface area (Å²) in [6.07, 6.45) is 0. The van der Waals surface area contributed by atoms with Crippen LogP contribution in [-0.4, -0.2) is 17.1 Å². The molecular formula is C15H19N3O2. The van der Waals surface area contributed by atoms with Gasteiger partial charge in [0.15, 0.2) is 0 Å². The summed E-state index contributed by atoms with van der Waals surface area (Å²) in [7, 11) is 0. The second-order valence-corrected chi connectivity index (χ2v) is 4.52. The van der Waals surface area contributed by atoms with Crippen LogP contribution in [0.4, 0.5) is 0 Å². The van der Waals surface area contributed by atoms with Gasteiger partial charge in [-0.3, -0.25) is 10.2 Å². The van der Waals surface area contributed by atoms with Crippen molar-refractivity contribution in [3.05, 3.63) is 47.3 Å². The zero-order valence-electron chi connectivity index (χ0n) is 11.9. The maximum Gasteiger partial charge on any atom is 0.267 e. The van der Waals surface area contributed by atoms with Gasteiger partial charge in [0, 0.05) is 17.1 Å². The molecule has 0 aliphatic rings. The van der Waals surface area contributed by atoms with Crippen LogP contribution < -0.4 is 16.0 Å². The molecule has 0 unspecified atom stereocenters. The van der Waals surface area contributed by atoms with Gasteiger partial charge in [0.25, 0.3) is 5.91 Å². The first-order valence-electron chi connectivity index (χ1n) is 6.51. The molecule has 1 heterocycles. The fraction of sp³-hybridized carbons (Fsp3) is 0.267. The van der Waals surface area contributed by atoms with E-state index in [0.29, 0.717) is 12.2 Å². The van der Waals surface area contributed by atoms with Crippen molar-refractivity contribution in [1.82, 2.24) is 9.99 Å². The van der Waals surface area contributed by atoms with E-state index in [4.69, 9.17) is 10.6 Å². The molecule has 106 valence electrons. The Kier molecular flexibility index (Phi) is 4.10. The van der Waals surface area contributed by atoms with Gasteiger partial charge in [0.05, 0.1) is 12.2 Å². The average Bonchev–Trinajstić information content (AvgIpc) is 2.75. The van der Waals surface area contributed by atoms with E-state index < -0.39 is 0 Å². The van der Waals surface area contributed by atoms with Gasteiger partial charge in [-0.05, 0) is 51.1 Å². The number of amides is 1. The molecule has 5 nitrogen and oxygen atoms in total. The highest BCUT2D eigenvalue weighted by molar-refractivity contribution is 5.95. The van der Waals surface area contributed by atoms with E-state index in [9.17, 15) is 4.79 Å². The quantitative estimate of drug-likeness (QED) is 0.509. The van der Waals surface area contributed by atoms with E-state index in [0.717, 1.165) is 22.8 Å². The fourth-order valence-electron chi connectivity index (χ4n) is 2.33. The van der Waals surface area contributed by atoms with Crippen molar-refractivity contribution in [2.24, 2.45) is 5.84 Å². The van der Waals surface area contributed by atoms with E-state index >= 15 is 0 Å². The van der Waals surface area contributed by atoms with Crippen molar-refractivity contribution >= 4 is 5.91 Å². The summed E-state index contributed by atoms with van der Waals surface area (Å²) >= 11 is 0.